The summed E-state index contributed by atoms with van der Waals surface area (Å²) in [7, 11) is 2.13. The third-order valence-electron chi connectivity index (χ3n) is 4.91. The number of hydrogen-bond donors (Lipinski definition) is 0. The normalized spacial score (nSPS) is 12.7. The molecule has 0 spiro atoms. The van der Waals surface area contributed by atoms with E-state index in [-0.39, 0.29) is 6.04 Å². The summed E-state index contributed by atoms with van der Waals surface area (Å²) >= 11 is 0. The molecule has 2 aromatic carbocycles. The minimum atomic E-state index is 0.132. The molecule has 0 unspecified atom stereocenters. The topological polar surface area (TPSA) is 15.6 Å². The first-order chi connectivity index (χ1) is 13.1. The Morgan fingerprint density at radius 3 is 1.93 bits per heavy atom. The van der Waals surface area contributed by atoms with E-state index in [1.54, 1.807) is 0 Å². The summed E-state index contributed by atoms with van der Waals surface area (Å²) in [5, 5.41) is 0. The fourth-order valence-electron chi connectivity index (χ4n) is 3.36. The van der Waals surface area contributed by atoms with Crippen LogP contribution in [0.3, 0.4) is 0 Å². The van der Waals surface area contributed by atoms with E-state index in [0.717, 1.165) is 30.8 Å². The van der Waals surface area contributed by atoms with Crippen molar-refractivity contribution in [2.24, 2.45) is 4.99 Å². The molecule has 0 atom stereocenters. The molecule has 0 fully saturated rings. The number of allylic oxidation sites excluding steroid dienone is 3. The molecular weight excluding hydrogens is 328 g/mol. The van der Waals surface area contributed by atoms with Crippen LogP contribution in [-0.4, -0.2) is 17.8 Å². The van der Waals surface area contributed by atoms with Gasteiger partial charge in [-0.25, -0.2) is 4.99 Å². The molecule has 0 aliphatic heterocycles. The predicted molar refractivity (Wildman–Crippen MR) is 118 cm³/mol. The number of benzene rings is 2. The van der Waals surface area contributed by atoms with E-state index in [9.17, 15) is 0 Å². The fourth-order valence-corrected chi connectivity index (χ4v) is 3.36. The van der Waals surface area contributed by atoms with Gasteiger partial charge in [0.05, 0.1) is 6.04 Å². The van der Waals surface area contributed by atoms with Crippen LogP contribution in [0.1, 0.15) is 57.2 Å². The molecular formula is C25H32N2. The molecule has 142 valence electrons. The van der Waals surface area contributed by atoms with Crippen LogP contribution in [0.4, 0.5) is 0 Å². The van der Waals surface area contributed by atoms with Crippen molar-refractivity contribution < 1.29 is 0 Å². The minimum Gasteiger partial charge on any atom is -0.352 e. The van der Waals surface area contributed by atoms with Crippen molar-refractivity contribution in [3.63, 3.8) is 0 Å². The zero-order valence-corrected chi connectivity index (χ0v) is 17.2. The molecule has 0 heterocycles. The van der Waals surface area contributed by atoms with Gasteiger partial charge in [-0.05, 0) is 36.5 Å². The second kappa shape index (κ2) is 10.5. The van der Waals surface area contributed by atoms with Gasteiger partial charge in [-0.1, -0.05) is 93.6 Å². The Balaban J connectivity index is 2.46. The average molecular weight is 361 g/mol. The summed E-state index contributed by atoms with van der Waals surface area (Å²) in [4.78, 5) is 7.31. The lowest BCUT2D eigenvalue weighted by Gasteiger charge is -2.31. The molecule has 0 aromatic heterocycles. The van der Waals surface area contributed by atoms with Crippen molar-refractivity contribution in [1.82, 2.24) is 4.90 Å². The highest BCUT2D eigenvalue weighted by molar-refractivity contribution is 5.81. The van der Waals surface area contributed by atoms with E-state index < -0.39 is 0 Å². The van der Waals surface area contributed by atoms with Gasteiger partial charge in [-0.3, -0.25) is 0 Å². The number of rotatable bonds is 8. The van der Waals surface area contributed by atoms with Gasteiger partial charge >= 0.3 is 0 Å². The van der Waals surface area contributed by atoms with Crippen LogP contribution in [0.25, 0.3) is 0 Å². The molecule has 2 nitrogen and oxygen atoms in total. The van der Waals surface area contributed by atoms with Gasteiger partial charge in [-0.2, -0.15) is 0 Å². The first kappa shape index (κ1) is 20.7. The predicted octanol–water partition coefficient (Wildman–Crippen LogP) is 6.78. The summed E-state index contributed by atoms with van der Waals surface area (Å²) in [6.45, 7) is 10.4. The van der Waals surface area contributed by atoms with Crippen molar-refractivity contribution in [2.75, 3.05) is 7.05 Å². The molecule has 0 radical (unpaired) electrons. The summed E-state index contributed by atoms with van der Waals surface area (Å²) in [6, 6.07) is 21.4. The zero-order valence-electron chi connectivity index (χ0n) is 17.2. The Morgan fingerprint density at radius 2 is 1.52 bits per heavy atom. The Bertz CT molecular complexity index is 733. The van der Waals surface area contributed by atoms with Crippen molar-refractivity contribution in [3.8, 4) is 0 Å². The van der Waals surface area contributed by atoms with Gasteiger partial charge in [0.25, 0.3) is 0 Å². The second-order valence-corrected chi connectivity index (χ2v) is 6.77. The summed E-state index contributed by atoms with van der Waals surface area (Å²) in [5.41, 5.74) is 4.92. The molecule has 2 rings (SSSR count). The van der Waals surface area contributed by atoms with Crippen molar-refractivity contribution >= 4 is 5.84 Å². The lowest BCUT2D eigenvalue weighted by Crippen LogP contribution is -2.30. The van der Waals surface area contributed by atoms with Gasteiger partial charge in [0.2, 0.25) is 0 Å². The van der Waals surface area contributed by atoms with E-state index in [4.69, 9.17) is 4.99 Å². The molecule has 0 aliphatic carbocycles. The van der Waals surface area contributed by atoms with Crippen LogP contribution in [0, 0.1) is 0 Å². The van der Waals surface area contributed by atoms with Crippen LogP contribution >= 0.6 is 0 Å². The lowest BCUT2D eigenvalue weighted by molar-refractivity contribution is 0.424. The summed E-state index contributed by atoms with van der Waals surface area (Å²) in [5.74, 6) is 1.02. The number of hydrogen-bond acceptors (Lipinski definition) is 1. The van der Waals surface area contributed by atoms with Crippen molar-refractivity contribution in [2.45, 2.75) is 46.1 Å². The van der Waals surface area contributed by atoms with Gasteiger partial charge in [0, 0.05) is 12.7 Å². The van der Waals surface area contributed by atoms with Crippen molar-refractivity contribution in [1.29, 1.82) is 0 Å². The zero-order chi connectivity index (χ0) is 19.6. The lowest BCUT2D eigenvalue weighted by atomic mass is 9.97. The minimum absolute atomic E-state index is 0.132. The molecule has 0 bridgehead atoms. The van der Waals surface area contributed by atoms with Crippen LogP contribution in [-0.2, 0) is 0 Å². The van der Waals surface area contributed by atoms with Gasteiger partial charge in [0.15, 0.2) is 0 Å². The monoisotopic (exact) mass is 360 g/mol. The number of amidine groups is 1. The van der Waals surface area contributed by atoms with Gasteiger partial charge in [0.1, 0.15) is 5.84 Å². The smallest absolute Gasteiger partial charge is 0.102 e. The molecule has 27 heavy (non-hydrogen) atoms. The molecule has 2 heteroatoms. The maximum atomic E-state index is 5.03. The van der Waals surface area contributed by atoms with E-state index in [2.05, 4.69) is 100.0 Å². The quantitative estimate of drug-likeness (QED) is 0.288. The molecule has 0 saturated carbocycles. The molecule has 0 N–H and O–H groups in total. The maximum absolute atomic E-state index is 5.03. The molecule has 0 aliphatic rings. The largest absolute Gasteiger partial charge is 0.352 e. The molecule has 0 saturated heterocycles. The van der Waals surface area contributed by atoms with Gasteiger partial charge < -0.3 is 4.90 Å². The van der Waals surface area contributed by atoms with E-state index in [1.165, 1.54) is 16.7 Å². The van der Waals surface area contributed by atoms with Crippen LogP contribution < -0.4 is 0 Å². The summed E-state index contributed by atoms with van der Waals surface area (Å²) < 4.78 is 0. The SMILES string of the molecule is C=C/C(CC)=C(/CCC)N=C(C)N(C)C(c1ccccc1)c1ccccc1. The van der Waals surface area contributed by atoms with Gasteiger partial charge in [-0.15, -0.1) is 0 Å². The molecule has 0 amide bonds. The molecule has 2 aromatic rings. The third kappa shape index (κ3) is 5.43. The highest BCUT2D eigenvalue weighted by atomic mass is 15.2. The first-order valence-electron chi connectivity index (χ1n) is 9.84. The highest BCUT2D eigenvalue weighted by Crippen LogP contribution is 2.28. The number of aliphatic imine (C=N–C) groups is 1. The highest BCUT2D eigenvalue weighted by Gasteiger charge is 2.20. The van der Waals surface area contributed by atoms with E-state index in [0.29, 0.717) is 0 Å². The Morgan fingerprint density at radius 1 is 1.00 bits per heavy atom. The average Bonchev–Trinajstić information content (AvgIpc) is 2.70. The first-order valence-corrected chi connectivity index (χ1v) is 9.84. The van der Waals surface area contributed by atoms with Crippen LogP contribution in [0.15, 0.2) is 89.6 Å². The Hall–Kier alpha value is -2.61. The maximum Gasteiger partial charge on any atom is 0.102 e. The Labute approximate surface area is 165 Å². The van der Waals surface area contributed by atoms with Crippen LogP contribution in [0.5, 0.6) is 0 Å². The van der Waals surface area contributed by atoms with Crippen molar-refractivity contribution in [3.05, 3.63) is 95.7 Å². The Kier molecular flexibility index (Phi) is 8.06. The van der Waals surface area contributed by atoms with Crippen LogP contribution in [0.2, 0.25) is 0 Å². The second-order valence-electron chi connectivity index (χ2n) is 6.77. The number of nitrogens with zero attached hydrogens (tertiary/aromatic N) is 2. The summed E-state index contributed by atoms with van der Waals surface area (Å²) in [6.07, 6.45) is 4.96. The standard InChI is InChI=1S/C25H32N2/c1-6-15-24(21(7-2)8-3)26-20(4)27(5)25(22-16-11-9-12-17-22)23-18-13-10-14-19-23/h7,9-14,16-19,25H,2,6,8,15H2,1,3-5H3/b24-21+,26-20?. The fraction of sp³-hybridized carbons (Fsp3) is 0.320. The van der Waals surface area contributed by atoms with E-state index in [1.807, 2.05) is 6.08 Å². The van der Waals surface area contributed by atoms with E-state index >= 15 is 0 Å². The third-order valence-corrected chi connectivity index (χ3v) is 4.91.